The molecular formula is C24H22N4O6S. The maximum atomic E-state index is 12.8. The van der Waals surface area contributed by atoms with Gasteiger partial charge in [-0.25, -0.2) is 8.42 Å². The highest BCUT2D eigenvalue weighted by atomic mass is 32.2. The third-order valence-corrected chi connectivity index (χ3v) is 7.54. The number of nitrogens with zero attached hydrogens (tertiary/aromatic N) is 3. The molecule has 0 spiro atoms. The molecule has 0 bridgehead atoms. The Hall–Kier alpha value is -3.80. The predicted molar refractivity (Wildman–Crippen MR) is 126 cm³/mol. The topological polar surface area (TPSA) is 128 Å². The largest absolute Gasteiger partial charge is 0.459 e. The van der Waals surface area contributed by atoms with Gasteiger partial charge in [0, 0.05) is 29.9 Å². The van der Waals surface area contributed by atoms with E-state index in [4.69, 9.17) is 13.7 Å². The molecule has 0 atom stereocenters. The molecule has 5 rings (SSSR count). The van der Waals surface area contributed by atoms with E-state index in [0.717, 1.165) is 5.56 Å². The summed E-state index contributed by atoms with van der Waals surface area (Å²) >= 11 is 0. The molecule has 1 aliphatic heterocycles. The fourth-order valence-corrected chi connectivity index (χ4v) is 5.06. The molecule has 10 nitrogen and oxygen atoms in total. The molecule has 0 unspecified atom stereocenters. The monoisotopic (exact) mass is 494 g/mol. The van der Waals surface area contributed by atoms with Crippen molar-refractivity contribution in [2.75, 3.05) is 31.6 Å². The van der Waals surface area contributed by atoms with Crippen LogP contribution in [-0.4, -0.2) is 55.1 Å². The van der Waals surface area contributed by atoms with Gasteiger partial charge < -0.3 is 19.0 Å². The predicted octanol–water partition coefficient (Wildman–Crippen LogP) is 3.58. The van der Waals surface area contributed by atoms with E-state index in [9.17, 15) is 13.2 Å². The molecule has 0 saturated carbocycles. The van der Waals surface area contributed by atoms with E-state index < -0.39 is 10.0 Å². The summed E-state index contributed by atoms with van der Waals surface area (Å²) < 4.78 is 42.9. The molecule has 2 aromatic carbocycles. The fourth-order valence-electron chi connectivity index (χ4n) is 3.65. The second kappa shape index (κ2) is 9.45. The van der Waals surface area contributed by atoms with Crippen molar-refractivity contribution < 1.29 is 26.9 Å². The first kappa shape index (κ1) is 23.0. The Kier molecular flexibility index (Phi) is 6.20. The minimum Gasteiger partial charge on any atom is -0.459 e. The number of carbonyl (C=O) groups excluding carboxylic acids is 1. The quantitative estimate of drug-likeness (QED) is 0.431. The van der Waals surface area contributed by atoms with Crippen molar-refractivity contribution in [3.63, 3.8) is 0 Å². The summed E-state index contributed by atoms with van der Waals surface area (Å²) in [6.07, 6.45) is 1.43. The molecule has 2 aromatic heterocycles. The van der Waals surface area contributed by atoms with Gasteiger partial charge in [-0.3, -0.25) is 4.79 Å². The Morgan fingerprint density at radius 2 is 1.77 bits per heavy atom. The number of furan rings is 1. The molecule has 1 fully saturated rings. The van der Waals surface area contributed by atoms with Crippen LogP contribution in [-0.2, 0) is 14.8 Å². The first-order chi connectivity index (χ1) is 16.9. The zero-order valence-corrected chi connectivity index (χ0v) is 19.6. The summed E-state index contributed by atoms with van der Waals surface area (Å²) in [7, 11) is -3.59. The van der Waals surface area contributed by atoms with Crippen molar-refractivity contribution in [1.82, 2.24) is 14.4 Å². The van der Waals surface area contributed by atoms with Gasteiger partial charge in [0.15, 0.2) is 5.76 Å². The van der Waals surface area contributed by atoms with E-state index in [-0.39, 0.29) is 22.5 Å². The van der Waals surface area contributed by atoms with Crippen molar-refractivity contribution in [2.45, 2.75) is 11.8 Å². The number of aryl methyl sites for hydroxylation is 1. The zero-order chi connectivity index (χ0) is 24.4. The van der Waals surface area contributed by atoms with Crippen molar-refractivity contribution in [2.24, 2.45) is 0 Å². The number of anilines is 1. The second-order valence-electron chi connectivity index (χ2n) is 7.93. The van der Waals surface area contributed by atoms with Gasteiger partial charge in [-0.2, -0.15) is 9.29 Å². The zero-order valence-electron chi connectivity index (χ0n) is 18.8. The third kappa shape index (κ3) is 4.74. The number of sulfonamides is 1. The SMILES string of the molecule is Cc1ccc(-c2nc(-c3ccc(S(=O)(=O)N4CCOCC4)cc3)no2)cc1NC(=O)c1ccco1. The van der Waals surface area contributed by atoms with Crippen molar-refractivity contribution in [3.05, 3.63) is 72.2 Å². The highest BCUT2D eigenvalue weighted by molar-refractivity contribution is 7.89. The van der Waals surface area contributed by atoms with Crippen molar-refractivity contribution in [1.29, 1.82) is 0 Å². The number of carbonyl (C=O) groups is 1. The lowest BCUT2D eigenvalue weighted by molar-refractivity contribution is 0.0730. The number of ether oxygens (including phenoxy) is 1. The molecule has 3 heterocycles. The lowest BCUT2D eigenvalue weighted by atomic mass is 10.1. The third-order valence-electron chi connectivity index (χ3n) is 5.62. The lowest BCUT2D eigenvalue weighted by Gasteiger charge is -2.26. The van der Waals surface area contributed by atoms with Crippen LogP contribution in [0.4, 0.5) is 5.69 Å². The summed E-state index contributed by atoms with van der Waals surface area (Å²) in [6.45, 7) is 3.30. The van der Waals surface area contributed by atoms with Gasteiger partial charge in [-0.05, 0) is 61.0 Å². The normalized spacial score (nSPS) is 14.7. The van der Waals surface area contributed by atoms with Crippen LogP contribution in [0.15, 0.2) is 74.7 Å². The maximum absolute atomic E-state index is 12.8. The minimum absolute atomic E-state index is 0.197. The van der Waals surface area contributed by atoms with Crippen molar-refractivity contribution in [3.8, 4) is 22.8 Å². The number of hydrogen-bond donors (Lipinski definition) is 1. The lowest BCUT2D eigenvalue weighted by Crippen LogP contribution is -2.40. The molecular weight excluding hydrogens is 472 g/mol. The van der Waals surface area contributed by atoms with Crippen LogP contribution < -0.4 is 5.32 Å². The Morgan fingerprint density at radius 1 is 1.03 bits per heavy atom. The van der Waals surface area contributed by atoms with Crippen LogP contribution in [0.1, 0.15) is 16.1 Å². The van der Waals surface area contributed by atoms with Crippen LogP contribution in [0.5, 0.6) is 0 Å². The summed E-state index contributed by atoms with van der Waals surface area (Å²) in [5.74, 6) is 0.415. The molecule has 35 heavy (non-hydrogen) atoms. The number of nitrogens with one attached hydrogen (secondary N) is 1. The van der Waals surface area contributed by atoms with Crippen LogP contribution in [0.25, 0.3) is 22.8 Å². The van der Waals surface area contributed by atoms with Crippen molar-refractivity contribution >= 4 is 21.6 Å². The second-order valence-corrected chi connectivity index (χ2v) is 9.86. The molecule has 0 radical (unpaired) electrons. The van der Waals surface area contributed by atoms with Gasteiger partial charge >= 0.3 is 0 Å². The summed E-state index contributed by atoms with van der Waals surface area (Å²) in [4.78, 5) is 17.0. The summed E-state index contributed by atoms with van der Waals surface area (Å²) in [5, 5.41) is 6.85. The number of benzene rings is 2. The van der Waals surface area contributed by atoms with E-state index in [1.54, 1.807) is 30.3 Å². The number of hydrogen-bond acceptors (Lipinski definition) is 8. The Labute approximate surface area is 201 Å². The standard InChI is InChI=1S/C24H22N4O6S/c1-16-4-5-18(15-20(16)25-23(29)21-3-2-12-33-21)24-26-22(27-34-24)17-6-8-19(9-7-17)35(30,31)28-10-13-32-14-11-28/h2-9,12,15H,10-11,13-14H2,1H3,(H,25,29). The van der Waals surface area contributed by atoms with E-state index in [1.807, 2.05) is 19.1 Å². The molecule has 11 heteroatoms. The van der Waals surface area contributed by atoms with Gasteiger partial charge in [0.2, 0.25) is 15.8 Å². The number of aromatic nitrogens is 2. The highest BCUT2D eigenvalue weighted by Gasteiger charge is 2.26. The van der Waals surface area contributed by atoms with Gasteiger partial charge in [0.05, 0.1) is 24.4 Å². The fraction of sp³-hybridized carbons (Fsp3) is 0.208. The number of morpholine rings is 1. The molecule has 1 saturated heterocycles. The van der Waals surface area contributed by atoms with E-state index in [2.05, 4.69) is 15.5 Å². The van der Waals surface area contributed by atoms with Gasteiger partial charge in [0.25, 0.3) is 11.8 Å². The molecule has 180 valence electrons. The molecule has 1 aliphatic rings. The Balaban J connectivity index is 1.35. The number of amides is 1. The molecule has 1 amide bonds. The van der Waals surface area contributed by atoms with Crippen LogP contribution in [0.2, 0.25) is 0 Å². The summed E-state index contributed by atoms with van der Waals surface area (Å²) in [6, 6.07) is 15.0. The van der Waals surface area contributed by atoms with Gasteiger partial charge in [-0.1, -0.05) is 11.2 Å². The van der Waals surface area contributed by atoms with Crippen LogP contribution in [0, 0.1) is 6.92 Å². The average Bonchev–Trinajstić information content (AvgIpc) is 3.59. The Morgan fingerprint density at radius 3 is 2.49 bits per heavy atom. The van der Waals surface area contributed by atoms with Gasteiger partial charge in [-0.15, -0.1) is 0 Å². The Bertz CT molecular complexity index is 1440. The minimum atomic E-state index is -3.59. The van der Waals surface area contributed by atoms with E-state index in [0.29, 0.717) is 48.9 Å². The average molecular weight is 495 g/mol. The first-order valence-corrected chi connectivity index (χ1v) is 12.3. The van der Waals surface area contributed by atoms with E-state index in [1.165, 1.54) is 22.7 Å². The van der Waals surface area contributed by atoms with Gasteiger partial charge in [0.1, 0.15) is 0 Å². The first-order valence-electron chi connectivity index (χ1n) is 10.9. The smallest absolute Gasteiger partial charge is 0.291 e. The van der Waals surface area contributed by atoms with Crippen LogP contribution >= 0.6 is 0 Å². The van der Waals surface area contributed by atoms with E-state index >= 15 is 0 Å². The molecule has 1 N–H and O–H groups in total. The molecule has 0 aliphatic carbocycles. The number of rotatable bonds is 6. The highest BCUT2D eigenvalue weighted by Crippen LogP contribution is 2.28. The molecule has 4 aromatic rings. The summed E-state index contributed by atoms with van der Waals surface area (Å²) in [5.41, 5.74) is 2.67. The van der Waals surface area contributed by atoms with Crippen LogP contribution in [0.3, 0.4) is 0 Å². The maximum Gasteiger partial charge on any atom is 0.291 e.